The molecule has 30 heavy (non-hydrogen) atoms. The summed E-state index contributed by atoms with van der Waals surface area (Å²) in [4.78, 5) is 23.8. The number of nitrogens with zero attached hydrogens (tertiary/aromatic N) is 2. The summed E-state index contributed by atoms with van der Waals surface area (Å²) in [6.07, 6.45) is 6.74. The Morgan fingerprint density at radius 3 is 2.77 bits per heavy atom. The van der Waals surface area contributed by atoms with Crippen LogP contribution in [0.3, 0.4) is 0 Å². The van der Waals surface area contributed by atoms with Crippen molar-refractivity contribution in [2.75, 3.05) is 24.8 Å². The van der Waals surface area contributed by atoms with Gasteiger partial charge in [-0.3, -0.25) is 4.79 Å². The second-order valence-electron chi connectivity index (χ2n) is 6.65. The second-order valence-corrected chi connectivity index (χ2v) is 6.65. The van der Waals surface area contributed by atoms with Crippen molar-refractivity contribution in [3.05, 3.63) is 67.6 Å². The molecule has 0 saturated heterocycles. The number of aromatic nitrogens is 3. The van der Waals surface area contributed by atoms with Crippen LogP contribution in [0.2, 0.25) is 0 Å². The summed E-state index contributed by atoms with van der Waals surface area (Å²) in [5, 5.41) is 6.83. The Morgan fingerprint density at radius 1 is 1.13 bits per heavy atom. The van der Waals surface area contributed by atoms with Crippen molar-refractivity contribution < 1.29 is 9.53 Å². The number of pyridine rings is 2. The smallest absolute Gasteiger partial charge is 0.247 e. The minimum Gasteiger partial charge on any atom is -0.497 e. The zero-order valence-electron chi connectivity index (χ0n) is 16.7. The highest BCUT2D eigenvalue weighted by Gasteiger charge is 2.12. The first kappa shape index (κ1) is 19.2. The molecule has 3 aromatic heterocycles. The Labute approximate surface area is 173 Å². The lowest BCUT2D eigenvalue weighted by Crippen LogP contribution is -2.07. The summed E-state index contributed by atoms with van der Waals surface area (Å²) < 4.78 is 5.41. The minimum atomic E-state index is -0.284. The van der Waals surface area contributed by atoms with Gasteiger partial charge in [-0.2, -0.15) is 0 Å². The maximum absolute atomic E-state index is 11.7. The third kappa shape index (κ3) is 3.73. The van der Waals surface area contributed by atoms with Crippen LogP contribution in [-0.2, 0) is 4.79 Å². The van der Waals surface area contributed by atoms with Crippen LogP contribution in [0.5, 0.6) is 5.75 Å². The fourth-order valence-electron chi connectivity index (χ4n) is 3.28. The number of benzene rings is 1. The van der Waals surface area contributed by atoms with E-state index in [0.29, 0.717) is 11.4 Å². The molecule has 0 unspecified atom stereocenters. The molecule has 0 atom stereocenters. The monoisotopic (exact) mass is 399 g/mol. The molecule has 0 aliphatic heterocycles. The standard InChI is InChI=1S/C23H21N5O2/c1-4-22(29)28-17-7-15(8-18(11-17)30-3)16-9-19-20(13-27-23(19)26-12-16)14-5-6-25-21(10-14)24-2/h4-13H,1H2,2-3H3,(H,24,25)(H,26,27)(H,28,29). The quantitative estimate of drug-likeness (QED) is 0.416. The number of carbonyl (C=O) groups is 1. The summed E-state index contributed by atoms with van der Waals surface area (Å²) in [6, 6.07) is 11.6. The Bertz CT molecular complexity index is 1250. The summed E-state index contributed by atoms with van der Waals surface area (Å²) in [5.41, 5.74) is 5.25. The number of hydrogen-bond acceptors (Lipinski definition) is 5. The van der Waals surface area contributed by atoms with Crippen molar-refractivity contribution in [2.45, 2.75) is 0 Å². The average Bonchev–Trinajstić information content (AvgIpc) is 3.22. The van der Waals surface area contributed by atoms with Gasteiger partial charge in [0.15, 0.2) is 0 Å². The van der Waals surface area contributed by atoms with E-state index >= 15 is 0 Å². The molecule has 4 rings (SSSR count). The molecular formula is C23H21N5O2. The molecule has 7 nitrogen and oxygen atoms in total. The van der Waals surface area contributed by atoms with Crippen molar-refractivity contribution in [3.63, 3.8) is 0 Å². The van der Waals surface area contributed by atoms with Gasteiger partial charge in [0.2, 0.25) is 5.91 Å². The van der Waals surface area contributed by atoms with Crippen LogP contribution in [0.15, 0.2) is 67.6 Å². The first-order valence-corrected chi connectivity index (χ1v) is 9.35. The van der Waals surface area contributed by atoms with Gasteiger partial charge in [0.05, 0.1) is 7.11 Å². The van der Waals surface area contributed by atoms with E-state index in [-0.39, 0.29) is 5.91 Å². The summed E-state index contributed by atoms with van der Waals surface area (Å²) in [6.45, 7) is 3.49. The molecule has 3 heterocycles. The Kier molecular flexibility index (Phi) is 5.17. The van der Waals surface area contributed by atoms with E-state index in [1.807, 2.05) is 37.5 Å². The van der Waals surface area contributed by atoms with Gasteiger partial charge >= 0.3 is 0 Å². The highest BCUT2D eigenvalue weighted by molar-refractivity contribution is 6.00. The molecule has 0 aliphatic rings. The number of anilines is 2. The molecule has 150 valence electrons. The Morgan fingerprint density at radius 2 is 2.00 bits per heavy atom. The number of ether oxygens (including phenoxy) is 1. The fourth-order valence-corrected chi connectivity index (χ4v) is 3.28. The van der Waals surface area contributed by atoms with Crippen molar-refractivity contribution >= 4 is 28.4 Å². The third-order valence-corrected chi connectivity index (χ3v) is 4.79. The summed E-state index contributed by atoms with van der Waals surface area (Å²) in [5.74, 6) is 1.14. The predicted octanol–water partition coefficient (Wildman–Crippen LogP) is 4.47. The largest absolute Gasteiger partial charge is 0.497 e. The van der Waals surface area contributed by atoms with Crippen LogP contribution in [0.25, 0.3) is 33.3 Å². The van der Waals surface area contributed by atoms with E-state index in [0.717, 1.165) is 39.1 Å². The number of aromatic amines is 1. The van der Waals surface area contributed by atoms with Gasteiger partial charge in [-0.15, -0.1) is 0 Å². The second kappa shape index (κ2) is 8.08. The van der Waals surface area contributed by atoms with Gasteiger partial charge in [-0.1, -0.05) is 6.58 Å². The SMILES string of the molecule is C=CC(=O)Nc1cc(OC)cc(-c2cnc3[nH]cc(-c4ccnc(NC)c4)c3c2)c1. The van der Waals surface area contributed by atoms with E-state index in [1.54, 1.807) is 25.6 Å². The molecule has 0 aliphatic carbocycles. The molecule has 0 spiro atoms. The molecule has 0 bridgehead atoms. The van der Waals surface area contributed by atoms with E-state index in [2.05, 4.69) is 38.2 Å². The maximum Gasteiger partial charge on any atom is 0.247 e. The lowest BCUT2D eigenvalue weighted by atomic mass is 10.0. The van der Waals surface area contributed by atoms with Crippen molar-refractivity contribution in [1.82, 2.24) is 15.0 Å². The van der Waals surface area contributed by atoms with Crippen molar-refractivity contribution in [3.8, 4) is 28.0 Å². The third-order valence-electron chi connectivity index (χ3n) is 4.79. The van der Waals surface area contributed by atoms with Crippen LogP contribution < -0.4 is 15.4 Å². The van der Waals surface area contributed by atoms with E-state index in [9.17, 15) is 4.79 Å². The van der Waals surface area contributed by atoms with Gasteiger partial charge in [0.1, 0.15) is 17.2 Å². The molecule has 0 radical (unpaired) electrons. The highest BCUT2D eigenvalue weighted by Crippen LogP contribution is 2.34. The lowest BCUT2D eigenvalue weighted by molar-refractivity contribution is -0.111. The van der Waals surface area contributed by atoms with Gasteiger partial charge < -0.3 is 20.4 Å². The number of fused-ring (bicyclic) bond motifs is 1. The molecule has 1 amide bonds. The number of hydrogen-bond donors (Lipinski definition) is 3. The first-order valence-electron chi connectivity index (χ1n) is 9.35. The Balaban J connectivity index is 1.81. The molecule has 1 aromatic carbocycles. The van der Waals surface area contributed by atoms with Crippen molar-refractivity contribution in [1.29, 1.82) is 0 Å². The van der Waals surface area contributed by atoms with Gasteiger partial charge in [0.25, 0.3) is 0 Å². The minimum absolute atomic E-state index is 0.284. The van der Waals surface area contributed by atoms with E-state index < -0.39 is 0 Å². The van der Waals surface area contributed by atoms with Crippen molar-refractivity contribution in [2.24, 2.45) is 0 Å². The number of amides is 1. The van der Waals surface area contributed by atoms with Crippen LogP contribution in [0, 0.1) is 0 Å². The molecular weight excluding hydrogens is 378 g/mol. The van der Waals surface area contributed by atoms with Gasteiger partial charge in [0, 0.05) is 53.9 Å². The molecule has 0 saturated carbocycles. The summed E-state index contributed by atoms with van der Waals surface area (Å²) in [7, 11) is 3.43. The number of rotatable bonds is 6. The van der Waals surface area contributed by atoms with Gasteiger partial charge in [-0.05, 0) is 47.5 Å². The zero-order valence-corrected chi connectivity index (χ0v) is 16.7. The van der Waals surface area contributed by atoms with Crippen LogP contribution in [0.1, 0.15) is 0 Å². The van der Waals surface area contributed by atoms with Crippen LogP contribution in [0.4, 0.5) is 11.5 Å². The Hall–Kier alpha value is -4.13. The number of nitrogens with one attached hydrogen (secondary N) is 3. The lowest BCUT2D eigenvalue weighted by Gasteiger charge is -2.10. The van der Waals surface area contributed by atoms with E-state index in [4.69, 9.17) is 4.74 Å². The number of H-pyrrole nitrogens is 1. The topological polar surface area (TPSA) is 91.9 Å². The molecule has 3 N–H and O–H groups in total. The molecule has 4 aromatic rings. The van der Waals surface area contributed by atoms with E-state index in [1.165, 1.54) is 6.08 Å². The highest BCUT2D eigenvalue weighted by atomic mass is 16.5. The first-order chi connectivity index (χ1) is 14.6. The average molecular weight is 399 g/mol. The van der Waals surface area contributed by atoms with Gasteiger partial charge in [-0.25, -0.2) is 9.97 Å². The van der Waals surface area contributed by atoms with Crippen LogP contribution in [-0.4, -0.2) is 35.0 Å². The number of carbonyl (C=O) groups excluding carboxylic acids is 1. The van der Waals surface area contributed by atoms with Crippen LogP contribution >= 0.6 is 0 Å². The maximum atomic E-state index is 11.7. The number of methoxy groups -OCH3 is 1. The molecule has 7 heteroatoms. The zero-order chi connectivity index (χ0) is 21.1. The summed E-state index contributed by atoms with van der Waals surface area (Å²) >= 11 is 0. The fraction of sp³-hybridized carbons (Fsp3) is 0.0870. The predicted molar refractivity (Wildman–Crippen MR) is 120 cm³/mol. The normalized spacial score (nSPS) is 10.6. The molecule has 0 fully saturated rings.